The minimum Gasteiger partial charge on any atom is -0.497 e. The SMILES string of the molecule is COc1ccc(OCCOC(=O)c2ccccc2NC(=O)Cc2ccccc2)cc1. The van der Waals surface area contributed by atoms with Crippen molar-refractivity contribution in [2.45, 2.75) is 6.42 Å². The molecule has 3 rings (SSSR count). The molecular formula is C24H23NO5. The third-order valence-corrected chi connectivity index (χ3v) is 4.27. The molecule has 0 aromatic heterocycles. The first-order chi connectivity index (χ1) is 14.7. The normalized spacial score (nSPS) is 10.2. The molecule has 154 valence electrons. The van der Waals surface area contributed by atoms with Crippen molar-refractivity contribution in [3.05, 3.63) is 90.0 Å². The number of para-hydroxylation sites is 1. The molecule has 3 aromatic rings. The molecule has 0 atom stereocenters. The molecule has 0 aliphatic carbocycles. The maximum Gasteiger partial charge on any atom is 0.340 e. The lowest BCUT2D eigenvalue weighted by Crippen LogP contribution is -2.18. The van der Waals surface area contributed by atoms with Crippen molar-refractivity contribution < 1.29 is 23.8 Å². The highest BCUT2D eigenvalue weighted by Crippen LogP contribution is 2.18. The van der Waals surface area contributed by atoms with E-state index in [1.807, 2.05) is 30.3 Å². The molecule has 0 saturated carbocycles. The van der Waals surface area contributed by atoms with E-state index >= 15 is 0 Å². The number of ether oxygens (including phenoxy) is 3. The van der Waals surface area contributed by atoms with Crippen molar-refractivity contribution in [3.63, 3.8) is 0 Å². The van der Waals surface area contributed by atoms with Gasteiger partial charge in [0, 0.05) is 0 Å². The first-order valence-corrected chi connectivity index (χ1v) is 9.52. The third kappa shape index (κ3) is 6.10. The van der Waals surface area contributed by atoms with Crippen LogP contribution in [0.2, 0.25) is 0 Å². The van der Waals surface area contributed by atoms with Gasteiger partial charge in [0.05, 0.1) is 24.8 Å². The molecule has 6 heteroatoms. The summed E-state index contributed by atoms with van der Waals surface area (Å²) in [6, 6.07) is 23.3. The van der Waals surface area contributed by atoms with Crippen LogP contribution < -0.4 is 14.8 Å². The van der Waals surface area contributed by atoms with E-state index in [2.05, 4.69) is 5.32 Å². The van der Waals surface area contributed by atoms with Crippen LogP contribution in [0.25, 0.3) is 0 Å². The van der Waals surface area contributed by atoms with Gasteiger partial charge in [-0.05, 0) is 42.0 Å². The summed E-state index contributed by atoms with van der Waals surface area (Å²) in [5.41, 5.74) is 1.61. The Balaban J connectivity index is 1.51. The molecule has 0 heterocycles. The Morgan fingerprint density at radius 1 is 0.800 bits per heavy atom. The fourth-order valence-corrected chi connectivity index (χ4v) is 2.79. The molecule has 0 aliphatic heterocycles. The molecule has 0 radical (unpaired) electrons. The Morgan fingerprint density at radius 3 is 2.20 bits per heavy atom. The Kier molecular flexibility index (Phi) is 7.44. The quantitative estimate of drug-likeness (QED) is 0.428. The van der Waals surface area contributed by atoms with Gasteiger partial charge < -0.3 is 19.5 Å². The van der Waals surface area contributed by atoms with Crippen LogP contribution in [-0.4, -0.2) is 32.2 Å². The lowest BCUT2D eigenvalue weighted by molar-refractivity contribution is -0.115. The summed E-state index contributed by atoms with van der Waals surface area (Å²) >= 11 is 0. The summed E-state index contributed by atoms with van der Waals surface area (Å²) in [6.07, 6.45) is 0.222. The van der Waals surface area contributed by atoms with Gasteiger partial charge in [0.2, 0.25) is 5.91 Å². The second-order valence-corrected chi connectivity index (χ2v) is 6.42. The number of benzene rings is 3. The monoisotopic (exact) mass is 405 g/mol. The Labute approximate surface area is 175 Å². The van der Waals surface area contributed by atoms with Gasteiger partial charge in [-0.2, -0.15) is 0 Å². The topological polar surface area (TPSA) is 73.9 Å². The maximum absolute atomic E-state index is 12.5. The number of anilines is 1. The smallest absolute Gasteiger partial charge is 0.340 e. The highest BCUT2D eigenvalue weighted by molar-refractivity contribution is 6.01. The Hall–Kier alpha value is -3.80. The molecule has 3 aromatic carbocycles. The van der Waals surface area contributed by atoms with Gasteiger partial charge in [-0.3, -0.25) is 4.79 Å². The minimum absolute atomic E-state index is 0.0805. The highest BCUT2D eigenvalue weighted by Gasteiger charge is 2.14. The molecule has 1 amide bonds. The molecule has 0 unspecified atom stereocenters. The fraction of sp³-hybridized carbons (Fsp3) is 0.167. The van der Waals surface area contributed by atoms with Crippen molar-refractivity contribution in [1.29, 1.82) is 0 Å². The summed E-state index contributed by atoms with van der Waals surface area (Å²) < 4.78 is 15.9. The highest BCUT2D eigenvalue weighted by atomic mass is 16.6. The van der Waals surface area contributed by atoms with Gasteiger partial charge in [0.15, 0.2) is 0 Å². The second kappa shape index (κ2) is 10.7. The number of methoxy groups -OCH3 is 1. The van der Waals surface area contributed by atoms with E-state index < -0.39 is 5.97 Å². The first-order valence-electron chi connectivity index (χ1n) is 9.52. The summed E-state index contributed by atoms with van der Waals surface area (Å²) in [7, 11) is 1.59. The maximum atomic E-state index is 12.5. The minimum atomic E-state index is -0.524. The van der Waals surface area contributed by atoms with Crippen molar-refractivity contribution in [2.24, 2.45) is 0 Å². The largest absolute Gasteiger partial charge is 0.497 e. The van der Waals surface area contributed by atoms with Crippen molar-refractivity contribution in [3.8, 4) is 11.5 Å². The van der Waals surface area contributed by atoms with Crippen LogP contribution in [0.5, 0.6) is 11.5 Å². The van der Waals surface area contributed by atoms with Crippen molar-refractivity contribution >= 4 is 17.6 Å². The average molecular weight is 405 g/mol. The van der Waals surface area contributed by atoms with E-state index in [-0.39, 0.29) is 25.5 Å². The molecule has 1 N–H and O–H groups in total. The predicted molar refractivity (Wildman–Crippen MR) is 114 cm³/mol. The zero-order chi connectivity index (χ0) is 21.2. The zero-order valence-corrected chi connectivity index (χ0v) is 16.7. The summed E-state index contributed by atoms with van der Waals surface area (Å²) in [6.45, 7) is 0.289. The molecule has 0 spiro atoms. The molecule has 6 nitrogen and oxygen atoms in total. The molecule has 0 bridgehead atoms. The molecule has 30 heavy (non-hydrogen) atoms. The van der Waals surface area contributed by atoms with Crippen molar-refractivity contribution in [2.75, 3.05) is 25.6 Å². The van der Waals surface area contributed by atoms with E-state index in [4.69, 9.17) is 14.2 Å². The van der Waals surface area contributed by atoms with E-state index in [0.29, 0.717) is 17.0 Å². The molecule has 0 fully saturated rings. The van der Waals surface area contributed by atoms with Crippen molar-refractivity contribution in [1.82, 2.24) is 0 Å². The van der Waals surface area contributed by atoms with Gasteiger partial charge in [0.25, 0.3) is 0 Å². The summed E-state index contributed by atoms with van der Waals surface area (Å²) in [4.78, 5) is 24.8. The number of hydrogen-bond donors (Lipinski definition) is 1. The summed E-state index contributed by atoms with van der Waals surface area (Å²) in [5.74, 6) is 0.661. The average Bonchev–Trinajstić information content (AvgIpc) is 2.78. The zero-order valence-electron chi connectivity index (χ0n) is 16.7. The number of esters is 1. The van der Waals surface area contributed by atoms with Gasteiger partial charge in [-0.1, -0.05) is 42.5 Å². The van der Waals surface area contributed by atoms with Crippen LogP contribution in [0, 0.1) is 0 Å². The third-order valence-electron chi connectivity index (χ3n) is 4.27. The lowest BCUT2D eigenvalue weighted by Gasteiger charge is -2.12. The van der Waals surface area contributed by atoms with Crippen LogP contribution in [0.4, 0.5) is 5.69 Å². The number of rotatable bonds is 9. The van der Waals surface area contributed by atoms with E-state index in [0.717, 1.165) is 11.3 Å². The van der Waals surface area contributed by atoms with Gasteiger partial charge in [-0.15, -0.1) is 0 Å². The molecule has 0 aliphatic rings. The van der Waals surface area contributed by atoms with Crippen LogP contribution in [0.15, 0.2) is 78.9 Å². The van der Waals surface area contributed by atoms with Crippen LogP contribution in [0.3, 0.4) is 0 Å². The Bertz CT molecular complexity index is 970. The number of nitrogens with one attached hydrogen (secondary N) is 1. The van der Waals surface area contributed by atoms with Crippen LogP contribution >= 0.6 is 0 Å². The van der Waals surface area contributed by atoms with Gasteiger partial charge in [0.1, 0.15) is 24.7 Å². The predicted octanol–water partition coefficient (Wildman–Crippen LogP) is 4.11. The summed E-state index contributed by atoms with van der Waals surface area (Å²) in [5, 5.41) is 2.78. The standard InChI is InChI=1S/C24H23NO5/c1-28-19-11-13-20(14-12-19)29-15-16-30-24(27)21-9-5-6-10-22(21)25-23(26)17-18-7-3-2-4-8-18/h2-14H,15-17H2,1H3,(H,25,26). The number of hydrogen-bond acceptors (Lipinski definition) is 5. The first kappa shape index (κ1) is 20.9. The van der Waals surface area contributed by atoms with Crippen LogP contribution in [-0.2, 0) is 16.0 Å². The van der Waals surface area contributed by atoms with E-state index in [1.165, 1.54) is 0 Å². The number of carbonyl (C=O) groups is 2. The molecular weight excluding hydrogens is 382 g/mol. The van der Waals surface area contributed by atoms with Gasteiger partial charge in [-0.25, -0.2) is 4.79 Å². The molecule has 0 saturated heterocycles. The van der Waals surface area contributed by atoms with E-state index in [9.17, 15) is 9.59 Å². The number of amides is 1. The van der Waals surface area contributed by atoms with Gasteiger partial charge >= 0.3 is 5.97 Å². The number of carbonyl (C=O) groups excluding carboxylic acids is 2. The second-order valence-electron chi connectivity index (χ2n) is 6.42. The van der Waals surface area contributed by atoms with E-state index in [1.54, 1.807) is 55.6 Å². The lowest BCUT2D eigenvalue weighted by atomic mass is 10.1. The Morgan fingerprint density at radius 2 is 1.47 bits per heavy atom. The fourth-order valence-electron chi connectivity index (χ4n) is 2.79. The van der Waals surface area contributed by atoms with Crippen LogP contribution in [0.1, 0.15) is 15.9 Å².